The van der Waals surface area contributed by atoms with Gasteiger partial charge in [0.2, 0.25) is 0 Å². The maximum absolute atomic E-state index is 15.6. The van der Waals surface area contributed by atoms with E-state index in [2.05, 4.69) is 17.2 Å². The van der Waals surface area contributed by atoms with E-state index in [1.165, 1.54) is 6.20 Å². The fourth-order valence-corrected chi connectivity index (χ4v) is 5.35. The Hall–Kier alpha value is -3.12. The Morgan fingerprint density at radius 2 is 1.71 bits per heavy atom. The first-order valence-corrected chi connectivity index (χ1v) is 13.2. The third-order valence-corrected chi connectivity index (χ3v) is 7.15. The number of carbonyl (C=O) groups excluding carboxylic acids is 1. The van der Waals surface area contributed by atoms with Crippen LogP contribution in [-0.2, 0) is 4.74 Å². The molecular weight excluding hydrogens is 599 g/mol. The van der Waals surface area contributed by atoms with Gasteiger partial charge in [0, 0.05) is 50.3 Å². The van der Waals surface area contributed by atoms with Gasteiger partial charge in [0.1, 0.15) is 35.1 Å². The van der Waals surface area contributed by atoms with E-state index < -0.39 is 45.9 Å². The molecule has 1 aromatic heterocycles. The number of nitrogens with one attached hydrogen (secondary N) is 1. The number of halogens is 6. The predicted octanol–water partition coefficient (Wildman–Crippen LogP) is 6.13. The van der Waals surface area contributed by atoms with Gasteiger partial charge in [-0.2, -0.15) is 0 Å². The molecule has 3 aromatic rings. The van der Waals surface area contributed by atoms with Crippen molar-refractivity contribution in [3.05, 3.63) is 71.6 Å². The number of pyridine rings is 1. The molecule has 2 atom stereocenters. The van der Waals surface area contributed by atoms with Crippen LogP contribution < -0.4 is 20.7 Å². The molecule has 3 N–H and O–H groups in total. The van der Waals surface area contributed by atoms with E-state index in [9.17, 15) is 9.18 Å². The maximum atomic E-state index is 15.6. The van der Waals surface area contributed by atoms with Gasteiger partial charge < -0.3 is 25.4 Å². The minimum absolute atomic E-state index is 0. The lowest BCUT2D eigenvalue weighted by Gasteiger charge is -2.37. The highest BCUT2D eigenvalue weighted by atomic mass is 35.5. The number of rotatable bonds is 6. The van der Waals surface area contributed by atoms with E-state index in [1.807, 2.05) is 4.90 Å². The molecule has 42 heavy (non-hydrogen) atoms. The second-order valence-electron chi connectivity index (χ2n) is 10.3. The topological polar surface area (TPSA) is 89.7 Å². The third kappa shape index (κ3) is 7.26. The first-order valence-electron chi connectivity index (χ1n) is 13.2. The summed E-state index contributed by atoms with van der Waals surface area (Å²) in [6.07, 6.45) is 4.65. The van der Waals surface area contributed by atoms with E-state index in [4.69, 9.17) is 15.2 Å². The van der Waals surface area contributed by atoms with Gasteiger partial charge in [-0.15, -0.1) is 24.8 Å². The van der Waals surface area contributed by atoms with Gasteiger partial charge in [-0.25, -0.2) is 17.6 Å². The monoisotopic (exact) mass is 630 g/mol. The summed E-state index contributed by atoms with van der Waals surface area (Å²) < 4.78 is 71.6. The van der Waals surface area contributed by atoms with Crippen molar-refractivity contribution in [3.8, 4) is 16.9 Å². The van der Waals surface area contributed by atoms with Crippen LogP contribution in [0.4, 0.5) is 28.9 Å². The van der Waals surface area contributed by atoms with Gasteiger partial charge in [0.15, 0.2) is 0 Å². The molecule has 2 aromatic carbocycles. The summed E-state index contributed by atoms with van der Waals surface area (Å²) in [5.41, 5.74) is 4.62. The van der Waals surface area contributed by atoms with E-state index in [1.54, 1.807) is 12.3 Å². The first kappa shape index (κ1) is 33.4. The van der Waals surface area contributed by atoms with Crippen LogP contribution >= 0.6 is 24.8 Å². The second kappa shape index (κ2) is 14.4. The molecule has 228 valence electrons. The van der Waals surface area contributed by atoms with Gasteiger partial charge in [-0.1, -0.05) is 6.92 Å². The summed E-state index contributed by atoms with van der Waals surface area (Å²) in [5.74, 6) is -5.77. The Morgan fingerprint density at radius 1 is 1.02 bits per heavy atom. The minimum atomic E-state index is -1.40. The Morgan fingerprint density at radius 3 is 2.38 bits per heavy atom. The SMILES string of the molecule is C[C@@H]1C[C@H](N)CN(c2ccncc2NC(=O)c2ccc(F)c(-c3c(F)cc(OC4CCOCC4)cc3F)c2F)C1.Cl.Cl. The van der Waals surface area contributed by atoms with Crippen LogP contribution in [0, 0.1) is 29.2 Å². The number of piperidine rings is 1. The quantitative estimate of drug-likeness (QED) is 0.318. The van der Waals surface area contributed by atoms with Crippen LogP contribution in [0.5, 0.6) is 5.75 Å². The zero-order valence-corrected chi connectivity index (χ0v) is 24.4. The molecule has 2 saturated heterocycles. The lowest BCUT2D eigenvalue weighted by Crippen LogP contribution is -2.46. The molecule has 2 aliphatic rings. The van der Waals surface area contributed by atoms with Crippen LogP contribution in [0.1, 0.15) is 36.5 Å². The summed E-state index contributed by atoms with van der Waals surface area (Å²) in [6.45, 7) is 4.25. The lowest BCUT2D eigenvalue weighted by atomic mass is 9.96. The molecule has 0 aliphatic carbocycles. The zero-order chi connectivity index (χ0) is 28.4. The van der Waals surface area contributed by atoms with E-state index >= 15 is 13.2 Å². The van der Waals surface area contributed by atoms with Crippen molar-refractivity contribution in [3.63, 3.8) is 0 Å². The van der Waals surface area contributed by atoms with Crippen molar-refractivity contribution in [2.75, 3.05) is 36.5 Å². The van der Waals surface area contributed by atoms with Crippen molar-refractivity contribution in [2.45, 2.75) is 38.3 Å². The molecule has 0 radical (unpaired) electrons. The Balaban J connectivity index is 0.00000242. The third-order valence-electron chi connectivity index (χ3n) is 7.15. The fraction of sp³-hybridized carbons (Fsp3) is 0.379. The highest BCUT2D eigenvalue weighted by molar-refractivity contribution is 6.06. The molecular formula is C29H32Cl2F4N4O3. The highest BCUT2D eigenvalue weighted by Crippen LogP contribution is 2.36. The Labute approximate surface area is 253 Å². The fourth-order valence-electron chi connectivity index (χ4n) is 5.35. The van der Waals surface area contributed by atoms with Crippen LogP contribution in [0.15, 0.2) is 42.7 Å². The number of anilines is 2. The number of nitrogens with zero attached hydrogens (tertiary/aromatic N) is 2. The van der Waals surface area contributed by atoms with Gasteiger partial charge >= 0.3 is 0 Å². The molecule has 2 aliphatic heterocycles. The molecule has 0 bridgehead atoms. The van der Waals surface area contributed by atoms with Crippen molar-refractivity contribution in [1.82, 2.24) is 4.98 Å². The van der Waals surface area contributed by atoms with Crippen LogP contribution in [0.2, 0.25) is 0 Å². The van der Waals surface area contributed by atoms with E-state index in [-0.39, 0.29) is 42.7 Å². The molecule has 13 heteroatoms. The summed E-state index contributed by atoms with van der Waals surface area (Å²) in [7, 11) is 0. The van der Waals surface area contributed by atoms with Crippen molar-refractivity contribution in [1.29, 1.82) is 0 Å². The van der Waals surface area contributed by atoms with Gasteiger partial charge in [-0.3, -0.25) is 9.78 Å². The molecule has 0 unspecified atom stereocenters. The van der Waals surface area contributed by atoms with Gasteiger partial charge in [-0.05, 0) is 30.5 Å². The average Bonchev–Trinajstić information content (AvgIpc) is 2.90. The zero-order valence-electron chi connectivity index (χ0n) is 22.7. The van der Waals surface area contributed by atoms with Gasteiger partial charge in [0.25, 0.3) is 5.91 Å². The molecule has 2 fully saturated rings. The summed E-state index contributed by atoms with van der Waals surface area (Å²) in [6, 6.07) is 5.14. The number of hydrogen-bond donors (Lipinski definition) is 2. The van der Waals surface area contributed by atoms with Crippen LogP contribution in [0.3, 0.4) is 0 Å². The molecule has 5 rings (SSSR count). The summed E-state index contributed by atoms with van der Waals surface area (Å²) in [5, 5.41) is 2.61. The first-order chi connectivity index (χ1) is 19.2. The van der Waals surface area contributed by atoms with Crippen molar-refractivity contribution >= 4 is 42.1 Å². The maximum Gasteiger partial charge on any atom is 0.258 e. The molecule has 1 amide bonds. The van der Waals surface area contributed by atoms with Crippen molar-refractivity contribution in [2.24, 2.45) is 11.7 Å². The largest absolute Gasteiger partial charge is 0.490 e. The second-order valence-corrected chi connectivity index (χ2v) is 10.3. The van der Waals surface area contributed by atoms with E-state index in [0.717, 1.165) is 30.7 Å². The number of ether oxygens (including phenoxy) is 2. The molecule has 0 spiro atoms. The molecule has 0 saturated carbocycles. The summed E-state index contributed by atoms with van der Waals surface area (Å²) in [4.78, 5) is 19.2. The Bertz CT molecular complexity index is 1380. The normalized spacial score (nSPS) is 19.0. The minimum Gasteiger partial charge on any atom is -0.490 e. The number of aromatic nitrogens is 1. The standard InChI is InChI=1S/C29H30F4N4O3.2ClH/c1-16-10-17(34)15-37(14-16)25-4-7-35-13-24(25)36-29(38)20-2-3-21(30)27(28(20)33)26-22(31)11-19(12-23(26)32)40-18-5-8-39-9-6-18;;/h2-4,7,11-13,16-18H,5-6,8-10,14-15,34H2,1H3,(H,36,38);2*1H/t16-,17+;;/m1../s1. The number of hydrogen-bond acceptors (Lipinski definition) is 6. The average molecular weight is 631 g/mol. The van der Waals surface area contributed by atoms with Crippen LogP contribution in [0.25, 0.3) is 11.1 Å². The smallest absolute Gasteiger partial charge is 0.258 e. The molecule has 7 nitrogen and oxygen atoms in total. The van der Waals surface area contributed by atoms with Gasteiger partial charge in [0.05, 0.1) is 47.5 Å². The lowest BCUT2D eigenvalue weighted by molar-refractivity contribution is 0.0253. The number of benzene rings is 2. The highest BCUT2D eigenvalue weighted by Gasteiger charge is 2.28. The number of carbonyl (C=O) groups is 1. The van der Waals surface area contributed by atoms with Crippen molar-refractivity contribution < 1.29 is 31.8 Å². The van der Waals surface area contributed by atoms with Crippen LogP contribution in [-0.4, -0.2) is 49.3 Å². The summed E-state index contributed by atoms with van der Waals surface area (Å²) >= 11 is 0. The molecule has 3 heterocycles. The van der Waals surface area contributed by atoms with E-state index in [0.29, 0.717) is 56.4 Å². The number of nitrogens with two attached hydrogens (primary N) is 1. The number of amides is 1. The Kier molecular flexibility index (Phi) is 11.4. The predicted molar refractivity (Wildman–Crippen MR) is 157 cm³/mol.